The molecule has 0 spiro atoms. The standard InChI is InChI=1S/C17H24N4O3S/c1-2-12-6-3-4-8-20(12)9-5-7-18-14(22)13-15(23)19-17-21(16(13)24)10-11-25-17/h10-12,23H,2-9H2,1H3,(H,18,22)/t12-/m0/s1. The zero-order valence-electron chi connectivity index (χ0n) is 14.4. The molecule has 25 heavy (non-hydrogen) atoms. The lowest BCUT2D eigenvalue weighted by molar-refractivity contribution is 0.0942. The van der Waals surface area contributed by atoms with Gasteiger partial charge in [0.05, 0.1) is 0 Å². The molecule has 3 rings (SSSR count). The highest BCUT2D eigenvalue weighted by Gasteiger charge is 2.21. The minimum Gasteiger partial charge on any atom is -0.492 e. The molecule has 0 aromatic carbocycles. The molecule has 0 unspecified atom stereocenters. The summed E-state index contributed by atoms with van der Waals surface area (Å²) in [7, 11) is 0. The van der Waals surface area contributed by atoms with Gasteiger partial charge in [-0.15, -0.1) is 11.3 Å². The van der Waals surface area contributed by atoms with Crippen molar-refractivity contribution in [3.05, 3.63) is 27.5 Å². The van der Waals surface area contributed by atoms with Crippen LogP contribution in [-0.4, -0.2) is 51.0 Å². The van der Waals surface area contributed by atoms with Crippen molar-refractivity contribution >= 4 is 22.2 Å². The van der Waals surface area contributed by atoms with Gasteiger partial charge in [-0.25, -0.2) is 0 Å². The van der Waals surface area contributed by atoms with Crippen LogP contribution in [0.25, 0.3) is 4.96 Å². The minimum absolute atomic E-state index is 0.291. The maximum Gasteiger partial charge on any atom is 0.275 e. The van der Waals surface area contributed by atoms with E-state index in [1.807, 2.05) is 0 Å². The van der Waals surface area contributed by atoms with Crippen molar-refractivity contribution in [2.24, 2.45) is 0 Å². The van der Waals surface area contributed by atoms with Crippen molar-refractivity contribution in [2.75, 3.05) is 19.6 Å². The first-order valence-corrected chi connectivity index (χ1v) is 9.71. The van der Waals surface area contributed by atoms with E-state index < -0.39 is 17.3 Å². The van der Waals surface area contributed by atoms with Crippen LogP contribution < -0.4 is 10.9 Å². The number of likely N-dealkylation sites (tertiary alicyclic amines) is 1. The highest BCUT2D eigenvalue weighted by atomic mass is 32.1. The Morgan fingerprint density at radius 1 is 1.48 bits per heavy atom. The second kappa shape index (κ2) is 7.97. The van der Waals surface area contributed by atoms with E-state index in [1.54, 1.807) is 11.6 Å². The second-order valence-corrected chi connectivity index (χ2v) is 7.25. The van der Waals surface area contributed by atoms with Gasteiger partial charge in [-0.1, -0.05) is 13.3 Å². The summed E-state index contributed by atoms with van der Waals surface area (Å²) in [5, 5.41) is 14.3. The summed E-state index contributed by atoms with van der Waals surface area (Å²) < 4.78 is 1.28. The van der Waals surface area contributed by atoms with Gasteiger partial charge >= 0.3 is 0 Å². The smallest absolute Gasteiger partial charge is 0.275 e. The first kappa shape index (κ1) is 17.9. The number of thiazole rings is 1. The average molecular weight is 364 g/mol. The van der Waals surface area contributed by atoms with Crippen LogP contribution in [0, 0.1) is 0 Å². The molecule has 0 radical (unpaired) electrons. The molecule has 7 nitrogen and oxygen atoms in total. The third-order valence-electron chi connectivity index (χ3n) is 4.80. The van der Waals surface area contributed by atoms with Crippen LogP contribution in [0.3, 0.4) is 0 Å². The Balaban J connectivity index is 1.57. The molecule has 1 aliphatic heterocycles. The second-order valence-electron chi connectivity index (χ2n) is 6.37. The number of carbonyl (C=O) groups is 1. The van der Waals surface area contributed by atoms with E-state index >= 15 is 0 Å². The summed E-state index contributed by atoms with van der Waals surface area (Å²) in [6.07, 6.45) is 7.31. The third kappa shape index (κ3) is 3.85. The molecular weight excluding hydrogens is 340 g/mol. The highest BCUT2D eigenvalue weighted by molar-refractivity contribution is 7.15. The first-order chi connectivity index (χ1) is 12.1. The van der Waals surface area contributed by atoms with Gasteiger partial charge in [0.15, 0.2) is 10.5 Å². The summed E-state index contributed by atoms with van der Waals surface area (Å²) in [6.45, 7) is 4.74. The van der Waals surface area contributed by atoms with Crippen molar-refractivity contribution in [2.45, 2.75) is 45.1 Å². The van der Waals surface area contributed by atoms with E-state index in [9.17, 15) is 14.7 Å². The van der Waals surface area contributed by atoms with Crippen molar-refractivity contribution in [1.29, 1.82) is 0 Å². The summed E-state index contributed by atoms with van der Waals surface area (Å²) in [4.78, 5) is 31.4. The van der Waals surface area contributed by atoms with Crippen molar-refractivity contribution in [1.82, 2.24) is 19.6 Å². The molecule has 1 aliphatic rings. The maximum absolute atomic E-state index is 12.3. The molecule has 2 aromatic rings. The van der Waals surface area contributed by atoms with Crippen LogP contribution in [-0.2, 0) is 0 Å². The summed E-state index contributed by atoms with van der Waals surface area (Å²) in [5.74, 6) is -1.08. The zero-order chi connectivity index (χ0) is 17.8. The Morgan fingerprint density at radius 3 is 3.12 bits per heavy atom. The number of carbonyl (C=O) groups excluding carboxylic acids is 1. The quantitative estimate of drug-likeness (QED) is 0.764. The highest BCUT2D eigenvalue weighted by Crippen LogP contribution is 2.19. The minimum atomic E-state index is -0.568. The zero-order valence-corrected chi connectivity index (χ0v) is 15.2. The van der Waals surface area contributed by atoms with E-state index in [4.69, 9.17) is 0 Å². The SMILES string of the molecule is CC[C@H]1CCCCN1CCCNC(=O)c1c(O)nc2sccn2c1=O. The molecule has 8 heteroatoms. The van der Waals surface area contributed by atoms with E-state index in [1.165, 1.54) is 35.0 Å². The lowest BCUT2D eigenvalue weighted by Gasteiger charge is -2.35. The molecular formula is C17H24N4O3S. The van der Waals surface area contributed by atoms with Gasteiger partial charge in [-0.3, -0.25) is 14.0 Å². The van der Waals surface area contributed by atoms with Crippen LogP contribution in [0.15, 0.2) is 16.4 Å². The number of aromatic nitrogens is 2. The van der Waals surface area contributed by atoms with Gasteiger partial charge in [-0.05, 0) is 32.2 Å². The third-order valence-corrected chi connectivity index (χ3v) is 5.56. The van der Waals surface area contributed by atoms with Gasteiger partial charge in [0.1, 0.15) is 0 Å². The largest absolute Gasteiger partial charge is 0.492 e. The van der Waals surface area contributed by atoms with Gasteiger partial charge in [0.25, 0.3) is 11.5 Å². The van der Waals surface area contributed by atoms with E-state index in [2.05, 4.69) is 22.1 Å². The number of piperidine rings is 1. The van der Waals surface area contributed by atoms with Gasteiger partial charge < -0.3 is 15.3 Å². The fourth-order valence-electron chi connectivity index (χ4n) is 3.46. The molecule has 1 atom stereocenters. The first-order valence-electron chi connectivity index (χ1n) is 8.83. The fraction of sp³-hybridized carbons (Fsp3) is 0.588. The molecule has 1 fully saturated rings. The molecule has 1 saturated heterocycles. The predicted octanol–water partition coefficient (Wildman–Crippen LogP) is 1.85. The Labute approximate surface area is 150 Å². The van der Waals surface area contributed by atoms with E-state index in [0.717, 1.165) is 25.9 Å². The van der Waals surface area contributed by atoms with Gasteiger partial charge in [0.2, 0.25) is 5.88 Å². The fourth-order valence-corrected chi connectivity index (χ4v) is 4.16. The van der Waals surface area contributed by atoms with Gasteiger partial charge in [0, 0.05) is 30.7 Å². The maximum atomic E-state index is 12.3. The van der Waals surface area contributed by atoms with Crippen LogP contribution in [0.2, 0.25) is 0 Å². The lowest BCUT2D eigenvalue weighted by Crippen LogP contribution is -2.41. The van der Waals surface area contributed by atoms with Crippen molar-refractivity contribution < 1.29 is 9.90 Å². The number of fused-ring (bicyclic) bond motifs is 1. The van der Waals surface area contributed by atoms with Crippen LogP contribution in [0.5, 0.6) is 5.88 Å². The summed E-state index contributed by atoms with van der Waals surface area (Å²) in [5.41, 5.74) is -0.830. The number of aromatic hydroxyl groups is 1. The van der Waals surface area contributed by atoms with E-state index in [-0.39, 0.29) is 5.56 Å². The Bertz CT molecular complexity index is 801. The number of nitrogens with one attached hydrogen (secondary N) is 1. The summed E-state index contributed by atoms with van der Waals surface area (Å²) in [6, 6.07) is 0.642. The van der Waals surface area contributed by atoms with Crippen LogP contribution in [0.4, 0.5) is 0 Å². The predicted molar refractivity (Wildman–Crippen MR) is 97.5 cm³/mol. The Morgan fingerprint density at radius 2 is 2.32 bits per heavy atom. The van der Waals surface area contributed by atoms with Gasteiger partial charge in [-0.2, -0.15) is 4.98 Å². The molecule has 2 aromatic heterocycles. The summed E-state index contributed by atoms with van der Waals surface area (Å²) >= 11 is 1.23. The number of hydrogen-bond acceptors (Lipinski definition) is 6. The number of hydrogen-bond donors (Lipinski definition) is 2. The molecule has 2 N–H and O–H groups in total. The Hall–Kier alpha value is -1.93. The molecule has 0 aliphatic carbocycles. The number of nitrogens with zero attached hydrogens (tertiary/aromatic N) is 3. The number of amides is 1. The number of rotatable bonds is 6. The topological polar surface area (TPSA) is 86.9 Å². The van der Waals surface area contributed by atoms with Crippen molar-refractivity contribution in [3.8, 4) is 5.88 Å². The molecule has 0 saturated carbocycles. The molecule has 3 heterocycles. The van der Waals surface area contributed by atoms with Crippen LogP contribution >= 0.6 is 11.3 Å². The van der Waals surface area contributed by atoms with Crippen LogP contribution in [0.1, 0.15) is 49.4 Å². The monoisotopic (exact) mass is 364 g/mol. The molecule has 0 bridgehead atoms. The van der Waals surface area contributed by atoms with Crippen molar-refractivity contribution in [3.63, 3.8) is 0 Å². The van der Waals surface area contributed by atoms with E-state index in [0.29, 0.717) is 17.5 Å². The normalized spacial score (nSPS) is 18.5. The molecule has 1 amide bonds. The average Bonchev–Trinajstić information content (AvgIpc) is 3.07. The Kier molecular flexibility index (Phi) is 5.70. The lowest BCUT2D eigenvalue weighted by atomic mass is 10.00. The molecule has 136 valence electrons.